The molecule has 0 amide bonds. The van der Waals surface area contributed by atoms with Crippen molar-refractivity contribution in [2.75, 3.05) is 5.32 Å². The molecule has 3 nitrogen and oxygen atoms in total. The lowest BCUT2D eigenvalue weighted by molar-refractivity contribution is -0.137. The molecule has 4 aromatic carbocycles. The molecule has 0 radical (unpaired) electrons. The van der Waals surface area contributed by atoms with E-state index < -0.39 is 17.8 Å². The van der Waals surface area contributed by atoms with Crippen molar-refractivity contribution in [2.45, 2.75) is 25.1 Å². The molecule has 1 heterocycles. The SMILES string of the molecule is CC(Nc1ncnc2ccc(C(c3ccc(Cl)cc3)c3ccc(Cl)cc3)cc12)c1cccc(C(F)(F)F)c1. The largest absolute Gasteiger partial charge is 0.416 e. The average molecular weight is 552 g/mol. The summed E-state index contributed by atoms with van der Waals surface area (Å²) in [5.41, 5.74) is 3.61. The molecule has 0 saturated heterocycles. The Hall–Kier alpha value is -3.61. The van der Waals surface area contributed by atoms with Gasteiger partial charge in [-0.05, 0) is 77.7 Å². The predicted octanol–water partition coefficient (Wildman–Crippen LogP) is 9.31. The third kappa shape index (κ3) is 5.62. The molecule has 0 aliphatic carbocycles. The maximum absolute atomic E-state index is 13.3. The average Bonchev–Trinajstić information content (AvgIpc) is 2.91. The Morgan fingerprint density at radius 1 is 0.711 bits per heavy atom. The van der Waals surface area contributed by atoms with Crippen LogP contribution in [0, 0.1) is 0 Å². The topological polar surface area (TPSA) is 37.8 Å². The zero-order valence-corrected chi connectivity index (χ0v) is 21.7. The summed E-state index contributed by atoms with van der Waals surface area (Å²) in [7, 11) is 0. The van der Waals surface area contributed by atoms with Crippen LogP contribution in [0.15, 0.2) is 97.3 Å². The van der Waals surface area contributed by atoms with Crippen molar-refractivity contribution in [3.05, 3.63) is 135 Å². The summed E-state index contributed by atoms with van der Waals surface area (Å²) in [5, 5.41) is 5.34. The van der Waals surface area contributed by atoms with Gasteiger partial charge in [-0.1, -0.05) is 65.7 Å². The Bertz CT molecular complexity index is 1520. The summed E-state index contributed by atoms with van der Waals surface area (Å²) in [6.45, 7) is 1.80. The minimum Gasteiger partial charge on any atom is -0.363 e. The summed E-state index contributed by atoms with van der Waals surface area (Å²) in [4.78, 5) is 8.84. The van der Waals surface area contributed by atoms with Crippen molar-refractivity contribution in [2.24, 2.45) is 0 Å². The van der Waals surface area contributed by atoms with Crippen molar-refractivity contribution < 1.29 is 13.2 Å². The number of hydrogen-bond donors (Lipinski definition) is 1. The predicted molar refractivity (Wildman–Crippen MR) is 147 cm³/mol. The van der Waals surface area contributed by atoms with Crippen LogP contribution < -0.4 is 5.32 Å². The van der Waals surface area contributed by atoms with Gasteiger partial charge in [0.1, 0.15) is 12.1 Å². The molecule has 5 rings (SSSR count). The van der Waals surface area contributed by atoms with E-state index in [4.69, 9.17) is 23.2 Å². The molecule has 0 fully saturated rings. The number of nitrogens with zero attached hydrogens (tertiary/aromatic N) is 2. The number of rotatable bonds is 6. The van der Waals surface area contributed by atoms with Gasteiger partial charge in [-0.2, -0.15) is 13.2 Å². The van der Waals surface area contributed by atoms with Crippen molar-refractivity contribution in [1.82, 2.24) is 9.97 Å². The number of hydrogen-bond acceptors (Lipinski definition) is 3. The van der Waals surface area contributed by atoms with E-state index in [0.717, 1.165) is 34.2 Å². The standard InChI is InChI=1S/C30H22Cl2F3N3/c1-18(21-3-2-4-23(15-21)30(33,34)35)38-29-26-16-22(9-14-27(26)36-17-37-29)28(19-5-10-24(31)11-6-19)20-7-12-25(32)13-8-20/h2-18,28H,1H3,(H,36,37,38). The summed E-state index contributed by atoms with van der Waals surface area (Å²) >= 11 is 12.3. The number of halogens is 5. The van der Waals surface area contributed by atoms with Crippen LogP contribution in [0.4, 0.5) is 19.0 Å². The van der Waals surface area contributed by atoms with E-state index in [1.54, 1.807) is 13.0 Å². The zero-order valence-electron chi connectivity index (χ0n) is 20.2. The van der Waals surface area contributed by atoms with Gasteiger partial charge in [0.25, 0.3) is 0 Å². The molecule has 5 aromatic rings. The highest BCUT2D eigenvalue weighted by Crippen LogP contribution is 2.36. The van der Waals surface area contributed by atoms with Crippen LogP contribution in [0.25, 0.3) is 10.9 Å². The Balaban J connectivity index is 1.56. The van der Waals surface area contributed by atoms with E-state index in [1.165, 1.54) is 12.4 Å². The molecule has 192 valence electrons. The number of nitrogens with one attached hydrogen (secondary N) is 1. The first-order valence-electron chi connectivity index (χ1n) is 11.9. The second-order valence-corrected chi connectivity index (χ2v) is 9.90. The molecule has 0 aliphatic heterocycles. The highest BCUT2D eigenvalue weighted by molar-refractivity contribution is 6.30. The van der Waals surface area contributed by atoms with Crippen LogP contribution in [0.3, 0.4) is 0 Å². The molecule has 1 atom stereocenters. The first-order chi connectivity index (χ1) is 18.2. The molecule has 0 aliphatic rings. The van der Waals surface area contributed by atoms with E-state index >= 15 is 0 Å². The van der Waals surface area contributed by atoms with Gasteiger partial charge >= 0.3 is 6.18 Å². The number of aromatic nitrogens is 2. The van der Waals surface area contributed by atoms with Gasteiger partial charge in [0.15, 0.2) is 0 Å². The van der Waals surface area contributed by atoms with Crippen LogP contribution in [0.1, 0.15) is 46.7 Å². The van der Waals surface area contributed by atoms with Gasteiger partial charge in [-0.25, -0.2) is 9.97 Å². The van der Waals surface area contributed by atoms with Crippen LogP contribution in [0.5, 0.6) is 0 Å². The van der Waals surface area contributed by atoms with Crippen molar-refractivity contribution in [3.63, 3.8) is 0 Å². The van der Waals surface area contributed by atoms with Crippen LogP contribution >= 0.6 is 23.2 Å². The van der Waals surface area contributed by atoms with Crippen LogP contribution in [-0.4, -0.2) is 9.97 Å². The quantitative estimate of drug-likeness (QED) is 0.213. The van der Waals surface area contributed by atoms with Crippen LogP contribution in [0.2, 0.25) is 10.0 Å². The molecule has 8 heteroatoms. The van der Waals surface area contributed by atoms with Crippen molar-refractivity contribution in [1.29, 1.82) is 0 Å². The Morgan fingerprint density at radius 3 is 1.92 bits per heavy atom. The van der Waals surface area contributed by atoms with Crippen molar-refractivity contribution in [3.8, 4) is 0 Å². The molecule has 0 saturated carbocycles. The lowest BCUT2D eigenvalue weighted by atomic mass is 9.84. The first-order valence-corrected chi connectivity index (χ1v) is 12.6. The maximum atomic E-state index is 13.3. The highest BCUT2D eigenvalue weighted by Gasteiger charge is 2.30. The monoisotopic (exact) mass is 551 g/mol. The summed E-state index contributed by atoms with van der Waals surface area (Å²) < 4.78 is 39.8. The zero-order chi connectivity index (χ0) is 26.9. The molecule has 1 N–H and O–H groups in total. The Labute approximate surface area is 228 Å². The number of fused-ring (bicyclic) bond motifs is 1. The lowest BCUT2D eigenvalue weighted by Gasteiger charge is -2.21. The smallest absolute Gasteiger partial charge is 0.363 e. The maximum Gasteiger partial charge on any atom is 0.416 e. The minimum absolute atomic E-state index is 0.122. The molecule has 1 aromatic heterocycles. The van der Waals surface area contributed by atoms with Gasteiger partial charge in [0.2, 0.25) is 0 Å². The molecular formula is C30H22Cl2F3N3. The second-order valence-electron chi connectivity index (χ2n) is 9.02. The summed E-state index contributed by atoms with van der Waals surface area (Å²) in [6.07, 6.45) is -2.97. The number of benzene rings is 4. The van der Waals surface area contributed by atoms with E-state index in [1.807, 2.05) is 66.7 Å². The molecular weight excluding hydrogens is 530 g/mol. The summed E-state index contributed by atoms with van der Waals surface area (Å²) in [5.74, 6) is 0.413. The molecule has 0 bridgehead atoms. The fourth-order valence-electron chi connectivity index (χ4n) is 4.53. The number of alkyl halides is 3. The minimum atomic E-state index is -4.41. The van der Waals surface area contributed by atoms with Gasteiger partial charge < -0.3 is 5.32 Å². The molecule has 0 spiro atoms. The Kier molecular flexibility index (Phi) is 7.28. The normalized spacial score (nSPS) is 12.6. The fourth-order valence-corrected chi connectivity index (χ4v) is 4.78. The first kappa shape index (κ1) is 26.0. The molecule has 1 unspecified atom stereocenters. The van der Waals surface area contributed by atoms with Gasteiger partial charge in [0.05, 0.1) is 11.1 Å². The van der Waals surface area contributed by atoms with Gasteiger partial charge in [-0.15, -0.1) is 0 Å². The van der Waals surface area contributed by atoms with E-state index in [9.17, 15) is 13.2 Å². The van der Waals surface area contributed by atoms with Gasteiger partial charge in [0, 0.05) is 27.4 Å². The Morgan fingerprint density at radius 2 is 1.32 bits per heavy atom. The fraction of sp³-hybridized carbons (Fsp3) is 0.133. The van der Waals surface area contributed by atoms with E-state index in [2.05, 4.69) is 15.3 Å². The second kappa shape index (κ2) is 10.6. The van der Waals surface area contributed by atoms with E-state index in [-0.39, 0.29) is 5.92 Å². The molecule has 38 heavy (non-hydrogen) atoms. The van der Waals surface area contributed by atoms with Crippen LogP contribution in [-0.2, 0) is 6.18 Å². The van der Waals surface area contributed by atoms with Gasteiger partial charge in [-0.3, -0.25) is 0 Å². The third-order valence-corrected chi connectivity index (χ3v) is 6.97. The number of anilines is 1. The summed E-state index contributed by atoms with van der Waals surface area (Å²) in [6, 6.07) is 26.2. The highest BCUT2D eigenvalue weighted by atomic mass is 35.5. The lowest BCUT2D eigenvalue weighted by Crippen LogP contribution is -2.11. The van der Waals surface area contributed by atoms with E-state index in [0.29, 0.717) is 26.9 Å². The third-order valence-electron chi connectivity index (χ3n) is 6.47. The van der Waals surface area contributed by atoms with Crippen molar-refractivity contribution >= 4 is 39.9 Å².